The second-order valence-electron chi connectivity index (χ2n) is 2.15. The van der Waals surface area contributed by atoms with Crippen molar-refractivity contribution in [2.75, 3.05) is 7.05 Å². The van der Waals surface area contributed by atoms with Crippen LogP contribution in [-0.4, -0.2) is 22.1 Å². The number of hydrogen-bond acceptors (Lipinski definition) is 4. The van der Waals surface area contributed by atoms with Crippen LogP contribution in [0.1, 0.15) is 11.5 Å². The van der Waals surface area contributed by atoms with Gasteiger partial charge < -0.3 is 10.4 Å². The molecule has 0 aromatic carbocycles. The smallest absolute Gasteiger partial charge is 0.142 e. The largest absolute Gasteiger partial charge is 0.390 e. The van der Waals surface area contributed by atoms with Gasteiger partial charge in [0.15, 0.2) is 0 Å². The Morgan fingerprint density at radius 1 is 1.64 bits per heavy atom. The van der Waals surface area contributed by atoms with Gasteiger partial charge in [-0.2, -0.15) is 0 Å². The van der Waals surface area contributed by atoms with Crippen LogP contribution in [0.25, 0.3) is 0 Å². The quantitative estimate of drug-likeness (QED) is 0.625. The Bertz CT molecular complexity index is 227. The predicted molar refractivity (Wildman–Crippen MR) is 40.7 cm³/mol. The maximum Gasteiger partial charge on any atom is 0.142 e. The molecule has 0 spiro atoms. The fourth-order valence-electron chi connectivity index (χ4n) is 0.773. The van der Waals surface area contributed by atoms with Crippen LogP contribution in [0, 0.1) is 0 Å². The Kier molecular flexibility index (Phi) is 2.95. The van der Waals surface area contributed by atoms with E-state index in [0.29, 0.717) is 18.1 Å². The van der Waals surface area contributed by atoms with Gasteiger partial charge in [0, 0.05) is 6.20 Å². The molecule has 0 unspecified atom stereocenters. The molecule has 1 aromatic rings. The topological polar surface area (TPSA) is 58.0 Å². The molecule has 0 bridgehead atoms. The molecular weight excluding hydrogens is 142 g/mol. The summed E-state index contributed by atoms with van der Waals surface area (Å²) in [4.78, 5) is 8.05. The van der Waals surface area contributed by atoms with E-state index in [2.05, 4.69) is 15.3 Å². The third-order valence-electron chi connectivity index (χ3n) is 1.26. The molecule has 0 radical (unpaired) electrons. The van der Waals surface area contributed by atoms with E-state index >= 15 is 0 Å². The molecule has 0 saturated carbocycles. The second-order valence-corrected chi connectivity index (χ2v) is 2.15. The van der Waals surface area contributed by atoms with Crippen molar-refractivity contribution >= 4 is 0 Å². The highest BCUT2D eigenvalue weighted by Crippen LogP contribution is 1.94. The molecule has 1 aromatic heterocycles. The molecule has 0 amide bonds. The lowest BCUT2D eigenvalue weighted by atomic mass is 10.4. The van der Waals surface area contributed by atoms with Gasteiger partial charge in [-0.15, -0.1) is 0 Å². The van der Waals surface area contributed by atoms with E-state index in [0.717, 1.165) is 0 Å². The predicted octanol–water partition coefficient (Wildman–Crippen LogP) is -0.312. The molecule has 4 nitrogen and oxygen atoms in total. The molecule has 0 saturated heterocycles. The van der Waals surface area contributed by atoms with Gasteiger partial charge >= 0.3 is 0 Å². The fraction of sp³-hybridized carbons (Fsp3) is 0.429. The summed E-state index contributed by atoms with van der Waals surface area (Å²) in [5, 5.41) is 11.6. The van der Waals surface area contributed by atoms with Crippen LogP contribution < -0.4 is 5.32 Å². The van der Waals surface area contributed by atoms with Gasteiger partial charge in [0.25, 0.3) is 0 Å². The number of nitrogens with one attached hydrogen (secondary N) is 1. The van der Waals surface area contributed by atoms with E-state index in [4.69, 9.17) is 5.11 Å². The first-order chi connectivity index (χ1) is 5.36. The molecule has 1 heterocycles. The summed E-state index contributed by atoms with van der Waals surface area (Å²) in [5.74, 6) is 0.707. The van der Waals surface area contributed by atoms with Crippen molar-refractivity contribution in [3.8, 4) is 0 Å². The number of hydrogen-bond donors (Lipinski definition) is 2. The van der Waals surface area contributed by atoms with E-state index in [1.807, 2.05) is 7.05 Å². The van der Waals surface area contributed by atoms with Crippen LogP contribution in [0.2, 0.25) is 0 Å². The lowest BCUT2D eigenvalue weighted by Gasteiger charge is -1.99. The Balaban J connectivity index is 2.74. The Hall–Kier alpha value is -1.00. The first kappa shape index (κ1) is 8.10. The summed E-state index contributed by atoms with van der Waals surface area (Å²) in [6, 6.07) is 1.69. The summed E-state index contributed by atoms with van der Waals surface area (Å²) in [6.07, 6.45) is 1.64. The van der Waals surface area contributed by atoms with E-state index < -0.39 is 0 Å². The van der Waals surface area contributed by atoms with Crippen molar-refractivity contribution in [3.05, 3.63) is 23.8 Å². The molecule has 0 aliphatic carbocycles. The highest BCUT2D eigenvalue weighted by molar-refractivity contribution is 5.00. The van der Waals surface area contributed by atoms with Gasteiger partial charge in [-0.3, -0.25) is 0 Å². The van der Waals surface area contributed by atoms with E-state index in [1.54, 1.807) is 12.3 Å². The summed E-state index contributed by atoms with van der Waals surface area (Å²) < 4.78 is 0. The average Bonchev–Trinajstić information content (AvgIpc) is 2.06. The van der Waals surface area contributed by atoms with Crippen LogP contribution in [0.4, 0.5) is 0 Å². The molecule has 0 aliphatic rings. The lowest BCUT2D eigenvalue weighted by Crippen LogP contribution is -2.09. The van der Waals surface area contributed by atoms with E-state index in [1.165, 1.54) is 0 Å². The van der Waals surface area contributed by atoms with E-state index in [9.17, 15) is 0 Å². The third-order valence-corrected chi connectivity index (χ3v) is 1.26. The van der Waals surface area contributed by atoms with Crippen molar-refractivity contribution in [1.29, 1.82) is 0 Å². The number of rotatable bonds is 3. The molecule has 4 heteroatoms. The zero-order valence-corrected chi connectivity index (χ0v) is 6.41. The fourth-order valence-corrected chi connectivity index (χ4v) is 0.773. The highest BCUT2D eigenvalue weighted by Gasteiger charge is 1.95. The standard InChI is InChI=1S/C7H11N3O/c1-8-4-7-9-3-2-6(5-11)10-7/h2-3,8,11H,4-5H2,1H3. The number of aromatic nitrogens is 2. The summed E-state index contributed by atoms with van der Waals surface area (Å²) in [6.45, 7) is 0.604. The number of aliphatic hydroxyl groups excluding tert-OH is 1. The molecule has 0 atom stereocenters. The van der Waals surface area contributed by atoms with Crippen molar-refractivity contribution in [2.45, 2.75) is 13.2 Å². The van der Waals surface area contributed by atoms with Gasteiger partial charge in [-0.1, -0.05) is 0 Å². The summed E-state index contributed by atoms with van der Waals surface area (Å²) >= 11 is 0. The second kappa shape index (κ2) is 4.00. The molecule has 60 valence electrons. The molecular formula is C7H11N3O. The molecule has 11 heavy (non-hydrogen) atoms. The SMILES string of the molecule is CNCc1nccc(CO)n1. The van der Waals surface area contributed by atoms with Crippen LogP contribution in [0.3, 0.4) is 0 Å². The molecule has 0 fully saturated rings. The Morgan fingerprint density at radius 2 is 2.45 bits per heavy atom. The van der Waals surface area contributed by atoms with Crippen molar-refractivity contribution in [2.24, 2.45) is 0 Å². The van der Waals surface area contributed by atoms with Crippen LogP contribution in [0.5, 0.6) is 0 Å². The minimum Gasteiger partial charge on any atom is -0.390 e. The maximum atomic E-state index is 8.72. The monoisotopic (exact) mass is 153 g/mol. The molecule has 2 N–H and O–H groups in total. The van der Waals surface area contributed by atoms with Crippen molar-refractivity contribution in [1.82, 2.24) is 15.3 Å². The molecule has 1 rings (SSSR count). The number of aliphatic hydroxyl groups is 1. The van der Waals surface area contributed by atoms with Crippen LogP contribution >= 0.6 is 0 Å². The van der Waals surface area contributed by atoms with Crippen LogP contribution in [-0.2, 0) is 13.2 Å². The molecule has 0 aliphatic heterocycles. The van der Waals surface area contributed by atoms with E-state index in [-0.39, 0.29) is 6.61 Å². The van der Waals surface area contributed by atoms with Crippen molar-refractivity contribution in [3.63, 3.8) is 0 Å². The zero-order chi connectivity index (χ0) is 8.10. The number of nitrogens with zero attached hydrogens (tertiary/aromatic N) is 2. The third kappa shape index (κ3) is 2.25. The summed E-state index contributed by atoms with van der Waals surface area (Å²) in [7, 11) is 1.83. The van der Waals surface area contributed by atoms with Crippen molar-refractivity contribution < 1.29 is 5.11 Å². The highest BCUT2D eigenvalue weighted by atomic mass is 16.3. The van der Waals surface area contributed by atoms with Crippen LogP contribution in [0.15, 0.2) is 12.3 Å². The lowest BCUT2D eigenvalue weighted by molar-refractivity contribution is 0.276. The van der Waals surface area contributed by atoms with Gasteiger partial charge in [-0.05, 0) is 13.1 Å². The van der Waals surface area contributed by atoms with Gasteiger partial charge in [0.05, 0.1) is 18.8 Å². The van der Waals surface area contributed by atoms with Gasteiger partial charge in [0.1, 0.15) is 5.82 Å². The Labute approximate surface area is 65.3 Å². The maximum absolute atomic E-state index is 8.72. The Morgan fingerprint density at radius 3 is 3.09 bits per heavy atom. The van der Waals surface area contributed by atoms with Gasteiger partial charge in [-0.25, -0.2) is 9.97 Å². The minimum absolute atomic E-state index is 0.0285. The minimum atomic E-state index is -0.0285. The first-order valence-electron chi connectivity index (χ1n) is 3.43. The summed E-state index contributed by atoms with van der Waals surface area (Å²) in [5.41, 5.74) is 0.658. The first-order valence-corrected chi connectivity index (χ1v) is 3.43. The normalized spacial score (nSPS) is 10.0. The van der Waals surface area contributed by atoms with Gasteiger partial charge in [0.2, 0.25) is 0 Å². The average molecular weight is 153 g/mol. The zero-order valence-electron chi connectivity index (χ0n) is 6.41.